The molecule has 0 aliphatic heterocycles. The Balaban J connectivity index is 1.56. The van der Waals surface area contributed by atoms with Crippen LogP contribution in [-0.2, 0) is 6.61 Å². The van der Waals surface area contributed by atoms with Crippen molar-refractivity contribution in [1.29, 1.82) is 0 Å². The number of benzene rings is 2. The fourth-order valence-corrected chi connectivity index (χ4v) is 3.05. The number of hydrogen-bond donors (Lipinski definition) is 1. The van der Waals surface area contributed by atoms with Gasteiger partial charge in [-0.2, -0.15) is 0 Å². The molecule has 0 saturated heterocycles. The average Bonchev–Trinajstić information content (AvgIpc) is 3.24. The molecule has 0 atom stereocenters. The van der Waals surface area contributed by atoms with Gasteiger partial charge in [-0.25, -0.2) is 0 Å². The van der Waals surface area contributed by atoms with Crippen LogP contribution in [-0.4, -0.2) is 24.8 Å². The summed E-state index contributed by atoms with van der Waals surface area (Å²) in [6.07, 6.45) is 0. The van der Waals surface area contributed by atoms with Crippen molar-refractivity contribution in [2.75, 3.05) is 23.3 Å². The Labute approximate surface area is 176 Å². The fourth-order valence-electron chi connectivity index (χ4n) is 3.05. The van der Waals surface area contributed by atoms with Crippen molar-refractivity contribution in [2.24, 2.45) is 0 Å². The fraction of sp³-hybridized carbons (Fsp3) is 0.250. The van der Waals surface area contributed by atoms with E-state index in [1.54, 1.807) is 36.4 Å². The minimum absolute atomic E-state index is 0.00549. The van der Waals surface area contributed by atoms with Crippen molar-refractivity contribution < 1.29 is 18.7 Å². The Hall–Kier alpha value is -3.54. The van der Waals surface area contributed by atoms with E-state index in [1.807, 2.05) is 24.3 Å². The number of nitrogens with zero attached hydrogens (tertiary/aromatic N) is 1. The molecule has 0 radical (unpaired) electrons. The van der Waals surface area contributed by atoms with Crippen LogP contribution in [0.1, 0.15) is 47.4 Å². The van der Waals surface area contributed by atoms with E-state index in [0.29, 0.717) is 22.8 Å². The summed E-state index contributed by atoms with van der Waals surface area (Å²) < 4.78 is 11.3. The van der Waals surface area contributed by atoms with E-state index < -0.39 is 0 Å². The molecule has 0 aliphatic rings. The molecule has 3 aromatic rings. The predicted molar refractivity (Wildman–Crippen MR) is 117 cm³/mol. The zero-order valence-electron chi connectivity index (χ0n) is 17.5. The van der Waals surface area contributed by atoms with Gasteiger partial charge in [-0.1, -0.05) is 0 Å². The highest BCUT2D eigenvalue weighted by Crippen LogP contribution is 2.20. The molecule has 0 saturated carbocycles. The van der Waals surface area contributed by atoms with E-state index in [4.69, 9.17) is 9.15 Å². The van der Waals surface area contributed by atoms with Crippen LogP contribution >= 0.6 is 0 Å². The number of ketones is 1. The van der Waals surface area contributed by atoms with Crippen LogP contribution in [0.4, 0.5) is 11.4 Å². The lowest BCUT2D eigenvalue weighted by atomic mass is 10.1. The lowest BCUT2D eigenvalue weighted by molar-refractivity contribution is 0.0990. The van der Waals surface area contributed by atoms with Gasteiger partial charge in [0.25, 0.3) is 5.91 Å². The highest BCUT2D eigenvalue weighted by atomic mass is 16.5. The lowest BCUT2D eigenvalue weighted by Gasteiger charge is -2.21. The third-order valence-corrected chi connectivity index (χ3v) is 4.78. The topological polar surface area (TPSA) is 71.8 Å². The highest BCUT2D eigenvalue weighted by molar-refractivity contribution is 6.02. The van der Waals surface area contributed by atoms with Gasteiger partial charge in [0.1, 0.15) is 18.1 Å². The molecule has 3 rings (SSSR count). The van der Waals surface area contributed by atoms with Crippen LogP contribution in [0.5, 0.6) is 5.75 Å². The zero-order valence-corrected chi connectivity index (χ0v) is 17.5. The standard InChI is InChI=1S/C24H26N2O4/c1-4-26(5-2)20-10-8-19(9-11-20)25-24(28)23-15-14-22(30-23)16-29-21-12-6-18(7-13-21)17(3)27/h6-15H,4-5,16H2,1-3H3,(H,25,28). The molecule has 6 nitrogen and oxygen atoms in total. The number of furan rings is 1. The van der Waals surface area contributed by atoms with Gasteiger partial charge < -0.3 is 19.4 Å². The largest absolute Gasteiger partial charge is 0.486 e. The number of anilines is 2. The molecular formula is C24H26N2O4. The van der Waals surface area contributed by atoms with Gasteiger partial charge in [0, 0.05) is 30.0 Å². The number of Topliss-reactive ketones (excluding diaryl/α,β-unsaturated/α-hetero) is 1. The van der Waals surface area contributed by atoms with Gasteiger partial charge in [0.15, 0.2) is 11.5 Å². The SMILES string of the molecule is CCN(CC)c1ccc(NC(=O)c2ccc(COc3ccc(C(C)=O)cc3)o2)cc1. The van der Waals surface area contributed by atoms with E-state index in [9.17, 15) is 9.59 Å². The number of nitrogens with one attached hydrogen (secondary N) is 1. The van der Waals surface area contributed by atoms with Crippen molar-refractivity contribution in [3.8, 4) is 5.75 Å². The third kappa shape index (κ3) is 5.29. The molecule has 0 fully saturated rings. The summed E-state index contributed by atoms with van der Waals surface area (Å²) in [6, 6.07) is 18.0. The van der Waals surface area contributed by atoms with Gasteiger partial charge in [-0.3, -0.25) is 9.59 Å². The van der Waals surface area contributed by atoms with Gasteiger partial charge in [0.05, 0.1) is 0 Å². The molecule has 6 heteroatoms. The molecule has 0 aliphatic carbocycles. The Morgan fingerprint density at radius 3 is 2.20 bits per heavy atom. The minimum atomic E-state index is -0.317. The number of carbonyl (C=O) groups is 2. The molecular weight excluding hydrogens is 380 g/mol. The Kier molecular flexibility index (Phi) is 6.91. The third-order valence-electron chi connectivity index (χ3n) is 4.78. The maximum Gasteiger partial charge on any atom is 0.291 e. The summed E-state index contributed by atoms with van der Waals surface area (Å²) >= 11 is 0. The summed E-state index contributed by atoms with van der Waals surface area (Å²) in [5.41, 5.74) is 2.45. The van der Waals surface area contributed by atoms with E-state index in [0.717, 1.165) is 18.8 Å². The van der Waals surface area contributed by atoms with Crippen LogP contribution in [0.25, 0.3) is 0 Å². The van der Waals surface area contributed by atoms with Crippen LogP contribution in [0.2, 0.25) is 0 Å². The van der Waals surface area contributed by atoms with Crippen LogP contribution in [0.3, 0.4) is 0 Å². The maximum absolute atomic E-state index is 12.4. The second-order valence-electron chi connectivity index (χ2n) is 6.81. The first kappa shape index (κ1) is 21.2. The van der Waals surface area contributed by atoms with Crippen molar-refractivity contribution in [3.63, 3.8) is 0 Å². The molecule has 30 heavy (non-hydrogen) atoms. The summed E-state index contributed by atoms with van der Waals surface area (Å²) in [5.74, 6) is 1.06. The summed E-state index contributed by atoms with van der Waals surface area (Å²) in [4.78, 5) is 26.0. The first-order chi connectivity index (χ1) is 14.5. The van der Waals surface area contributed by atoms with Crippen LogP contribution < -0.4 is 15.0 Å². The summed E-state index contributed by atoms with van der Waals surface area (Å²) in [5, 5.41) is 2.84. The molecule has 0 unspecified atom stereocenters. The van der Waals surface area contributed by atoms with Gasteiger partial charge in [-0.15, -0.1) is 0 Å². The van der Waals surface area contributed by atoms with Gasteiger partial charge in [-0.05, 0) is 81.4 Å². The van der Waals surface area contributed by atoms with E-state index in [1.165, 1.54) is 6.92 Å². The van der Waals surface area contributed by atoms with Crippen molar-refractivity contribution in [2.45, 2.75) is 27.4 Å². The second kappa shape index (κ2) is 9.78. The quantitative estimate of drug-likeness (QED) is 0.497. The lowest BCUT2D eigenvalue weighted by Crippen LogP contribution is -2.21. The van der Waals surface area contributed by atoms with Gasteiger partial charge in [0.2, 0.25) is 0 Å². The normalized spacial score (nSPS) is 10.5. The molecule has 1 aromatic heterocycles. The number of amides is 1. The zero-order chi connectivity index (χ0) is 21.5. The molecule has 1 N–H and O–H groups in total. The number of ether oxygens (including phenoxy) is 1. The van der Waals surface area contributed by atoms with Crippen molar-refractivity contribution >= 4 is 23.1 Å². The Morgan fingerprint density at radius 1 is 0.933 bits per heavy atom. The Morgan fingerprint density at radius 2 is 1.60 bits per heavy atom. The number of carbonyl (C=O) groups excluding carboxylic acids is 2. The van der Waals surface area contributed by atoms with E-state index in [-0.39, 0.29) is 24.1 Å². The number of hydrogen-bond acceptors (Lipinski definition) is 5. The molecule has 1 amide bonds. The van der Waals surface area contributed by atoms with Crippen molar-refractivity contribution in [1.82, 2.24) is 0 Å². The minimum Gasteiger partial charge on any atom is -0.486 e. The predicted octanol–water partition coefficient (Wildman–Crippen LogP) is 5.16. The van der Waals surface area contributed by atoms with Gasteiger partial charge >= 0.3 is 0 Å². The molecule has 0 spiro atoms. The van der Waals surface area contributed by atoms with Crippen molar-refractivity contribution in [3.05, 3.63) is 77.7 Å². The van der Waals surface area contributed by atoms with Crippen LogP contribution in [0, 0.1) is 0 Å². The van der Waals surface area contributed by atoms with E-state index in [2.05, 4.69) is 24.1 Å². The number of rotatable bonds is 9. The monoisotopic (exact) mass is 406 g/mol. The average molecular weight is 406 g/mol. The maximum atomic E-state index is 12.4. The van der Waals surface area contributed by atoms with E-state index >= 15 is 0 Å². The summed E-state index contributed by atoms with van der Waals surface area (Å²) in [6.45, 7) is 7.79. The highest BCUT2D eigenvalue weighted by Gasteiger charge is 2.12. The first-order valence-electron chi connectivity index (χ1n) is 9.99. The second-order valence-corrected chi connectivity index (χ2v) is 6.81. The molecule has 1 heterocycles. The first-order valence-corrected chi connectivity index (χ1v) is 9.99. The van der Waals surface area contributed by atoms with Crippen LogP contribution in [0.15, 0.2) is 65.1 Å². The summed E-state index contributed by atoms with van der Waals surface area (Å²) in [7, 11) is 0. The smallest absolute Gasteiger partial charge is 0.291 e. The Bertz CT molecular complexity index is 987. The molecule has 0 bridgehead atoms. The molecule has 156 valence electrons. The molecule has 2 aromatic carbocycles.